The van der Waals surface area contributed by atoms with E-state index in [1.54, 1.807) is 42.3 Å². The molecule has 4 aromatic rings. The summed E-state index contributed by atoms with van der Waals surface area (Å²) in [5.41, 5.74) is 5.09. The average molecular weight is 535 g/mol. The lowest BCUT2D eigenvalue weighted by atomic mass is 9.97. The van der Waals surface area contributed by atoms with E-state index in [0.29, 0.717) is 16.7 Å². The van der Waals surface area contributed by atoms with Crippen LogP contribution in [0.4, 0.5) is 0 Å². The molecule has 37 heavy (non-hydrogen) atoms. The van der Waals surface area contributed by atoms with Crippen LogP contribution < -0.4 is 20.5 Å². The molecule has 10 heteroatoms. The first-order valence-electron chi connectivity index (χ1n) is 11.9. The van der Waals surface area contributed by atoms with Gasteiger partial charge >= 0.3 is 0 Å². The average Bonchev–Trinajstić information content (AvgIpc) is 3.31. The van der Waals surface area contributed by atoms with Gasteiger partial charge in [0.25, 0.3) is 11.5 Å². The number of para-hydroxylation sites is 1. The molecular weight excluding hydrogens is 508 g/mol. The van der Waals surface area contributed by atoms with Crippen molar-refractivity contribution in [2.75, 3.05) is 20.0 Å². The lowest BCUT2D eigenvalue weighted by Gasteiger charge is -2.13. The number of hydrogen-bond acceptors (Lipinski definition) is 8. The Balaban J connectivity index is 1.37. The largest absolute Gasteiger partial charge is 0.493 e. The van der Waals surface area contributed by atoms with E-state index < -0.39 is 0 Å². The molecule has 0 saturated heterocycles. The SMILES string of the molecule is COc1ccc(/C=N/NC(=O)CSc2nc3sc4c(c3c(=O)n2-c2ccccc2)CCCC4)cc1OC. The topological polar surface area (TPSA) is 94.8 Å². The van der Waals surface area contributed by atoms with Crippen molar-refractivity contribution in [3.8, 4) is 17.2 Å². The summed E-state index contributed by atoms with van der Waals surface area (Å²) in [6, 6.07) is 14.8. The highest BCUT2D eigenvalue weighted by atomic mass is 32.2. The molecular formula is C27H26N4O4S2. The molecule has 190 valence electrons. The predicted octanol–water partition coefficient (Wildman–Crippen LogP) is 4.59. The van der Waals surface area contributed by atoms with Crippen LogP contribution in [-0.4, -0.2) is 41.6 Å². The number of ether oxygens (including phenoxy) is 2. The minimum absolute atomic E-state index is 0.0547. The summed E-state index contributed by atoms with van der Waals surface area (Å²) in [6.45, 7) is 0. The number of methoxy groups -OCH3 is 2. The molecule has 1 aliphatic rings. The fourth-order valence-corrected chi connectivity index (χ4v) is 6.47. The van der Waals surface area contributed by atoms with Crippen LogP contribution in [0.2, 0.25) is 0 Å². The number of hydrogen-bond donors (Lipinski definition) is 1. The van der Waals surface area contributed by atoms with Gasteiger partial charge in [-0.15, -0.1) is 11.3 Å². The fraction of sp³-hybridized carbons (Fsp3) is 0.259. The minimum Gasteiger partial charge on any atom is -0.493 e. The van der Waals surface area contributed by atoms with Crippen molar-refractivity contribution in [1.29, 1.82) is 0 Å². The number of amides is 1. The van der Waals surface area contributed by atoms with Gasteiger partial charge in [0.05, 0.1) is 37.3 Å². The van der Waals surface area contributed by atoms with Crippen LogP contribution in [0.15, 0.2) is 63.6 Å². The van der Waals surface area contributed by atoms with Crippen molar-refractivity contribution in [1.82, 2.24) is 15.0 Å². The number of thioether (sulfide) groups is 1. The highest BCUT2D eigenvalue weighted by Crippen LogP contribution is 2.35. The van der Waals surface area contributed by atoms with Crippen LogP contribution in [0, 0.1) is 0 Å². The Hall–Kier alpha value is -3.63. The van der Waals surface area contributed by atoms with Crippen molar-refractivity contribution >= 4 is 45.4 Å². The number of benzene rings is 2. The van der Waals surface area contributed by atoms with Crippen molar-refractivity contribution in [2.24, 2.45) is 5.10 Å². The quantitative estimate of drug-likeness (QED) is 0.154. The Morgan fingerprint density at radius 1 is 1.14 bits per heavy atom. The summed E-state index contributed by atoms with van der Waals surface area (Å²) in [7, 11) is 3.13. The number of thiophene rings is 1. The van der Waals surface area contributed by atoms with E-state index in [1.807, 2.05) is 36.4 Å². The molecule has 0 unspecified atom stereocenters. The molecule has 5 rings (SSSR count). The van der Waals surface area contributed by atoms with Crippen molar-refractivity contribution < 1.29 is 14.3 Å². The number of nitrogens with one attached hydrogen (secondary N) is 1. The van der Waals surface area contributed by atoms with Crippen LogP contribution in [0.25, 0.3) is 15.9 Å². The van der Waals surface area contributed by atoms with Crippen LogP contribution in [0.1, 0.15) is 28.8 Å². The van der Waals surface area contributed by atoms with E-state index in [0.717, 1.165) is 52.7 Å². The third kappa shape index (κ3) is 5.26. The number of carbonyl (C=O) groups excluding carboxylic acids is 1. The molecule has 0 spiro atoms. The van der Waals surface area contributed by atoms with E-state index in [-0.39, 0.29) is 17.2 Å². The molecule has 0 radical (unpaired) electrons. The summed E-state index contributed by atoms with van der Waals surface area (Å²) in [5, 5.41) is 5.26. The first kappa shape index (κ1) is 25.0. The molecule has 2 aromatic heterocycles. The monoisotopic (exact) mass is 534 g/mol. The molecule has 8 nitrogen and oxygen atoms in total. The van der Waals surface area contributed by atoms with Crippen LogP contribution in [-0.2, 0) is 17.6 Å². The second-order valence-corrected chi connectivity index (χ2v) is 10.5. The van der Waals surface area contributed by atoms with Crippen molar-refractivity contribution in [3.63, 3.8) is 0 Å². The smallest absolute Gasteiger partial charge is 0.267 e. The molecule has 0 saturated carbocycles. The molecule has 0 fully saturated rings. The highest BCUT2D eigenvalue weighted by Gasteiger charge is 2.23. The van der Waals surface area contributed by atoms with Gasteiger partial charge in [0, 0.05) is 4.88 Å². The van der Waals surface area contributed by atoms with Gasteiger partial charge in [0.15, 0.2) is 16.7 Å². The Labute approximate surface area is 222 Å². The number of nitrogens with zero attached hydrogens (tertiary/aromatic N) is 3. The van der Waals surface area contributed by atoms with E-state index in [1.165, 1.54) is 22.9 Å². The molecule has 0 bridgehead atoms. The zero-order chi connectivity index (χ0) is 25.8. The summed E-state index contributed by atoms with van der Waals surface area (Å²) >= 11 is 2.82. The summed E-state index contributed by atoms with van der Waals surface area (Å²) < 4.78 is 12.2. The van der Waals surface area contributed by atoms with E-state index in [9.17, 15) is 9.59 Å². The van der Waals surface area contributed by atoms with Gasteiger partial charge in [-0.05, 0) is 67.1 Å². The number of rotatable bonds is 8. The van der Waals surface area contributed by atoms with Gasteiger partial charge in [-0.2, -0.15) is 5.10 Å². The maximum atomic E-state index is 13.7. The van der Waals surface area contributed by atoms with Crippen molar-refractivity contribution in [3.05, 3.63) is 74.9 Å². The van der Waals surface area contributed by atoms with Crippen LogP contribution in [0.3, 0.4) is 0 Å². The second-order valence-electron chi connectivity index (χ2n) is 8.46. The van der Waals surface area contributed by atoms with Gasteiger partial charge in [-0.25, -0.2) is 10.4 Å². The molecule has 1 N–H and O–H groups in total. The molecule has 1 amide bonds. The highest BCUT2D eigenvalue weighted by molar-refractivity contribution is 7.99. The molecule has 2 aromatic carbocycles. The minimum atomic E-state index is -0.304. The second kappa shape index (κ2) is 11.2. The molecule has 2 heterocycles. The molecule has 0 aliphatic heterocycles. The third-order valence-electron chi connectivity index (χ3n) is 6.12. The standard InChI is InChI=1S/C27H26N4O4S2/c1-34-20-13-12-17(14-21(20)35-2)15-28-30-23(32)16-36-27-29-25-24(19-10-6-7-11-22(19)37-25)26(33)31(27)18-8-4-3-5-9-18/h3-5,8-9,12-15H,6-7,10-11,16H2,1-2H3,(H,30,32)/b28-15+. The summed E-state index contributed by atoms with van der Waals surface area (Å²) in [6.07, 6.45) is 5.66. The van der Waals surface area contributed by atoms with Gasteiger partial charge in [0.1, 0.15) is 4.83 Å². The number of aryl methyl sites for hydroxylation is 2. The van der Waals surface area contributed by atoms with E-state index in [2.05, 4.69) is 10.5 Å². The summed E-state index contributed by atoms with van der Waals surface area (Å²) in [5.74, 6) is 0.935. The Morgan fingerprint density at radius 2 is 1.92 bits per heavy atom. The van der Waals surface area contributed by atoms with Gasteiger partial charge in [-0.3, -0.25) is 14.2 Å². The van der Waals surface area contributed by atoms with E-state index >= 15 is 0 Å². The van der Waals surface area contributed by atoms with Gasteiger partial charge in [-0.1, -0.05) is 30.0 Å². The maximum absolute atomic E-state index is 13.7. The molecule has 0 atom stereocenters. The van der Waals surface area contributed by atoms with Gasteiger partial charge < -0.3 is 9.47 Å². The number of carbonyl (C=O) groups is 1. The Kier molecular flexibility index (Phi) is 7.57. The third-order valence-corrected chi connectivity index (χ3v) is 8.24. The first-order chi connectivity index (χ1) is 18.1. The van der Waals surface area contributed by atoms with Crippen LogP contribution >= 0.6 is 23.1 Å². The van der Waals surface area contributed by atoms with Crippen molar-refractivity contribution in [2.45, 2.75) is 30.8 Å². The summed E-state index contributed by atoms with van der Waals surface area (Å²) in [4.78, 5) is 33.2. The maximum Gasteiger partial charge on any atom is 0.267 e. The lowest BCUT2D eigenvalue weighted by molar-refractivity contribution is -0.118. The predicted molar refractivity (Wildman–Crippen MR) is 148 cm³/mol. The molecule has 1 aliphatic carbocycles. The number of fused-ring (bicyclic) bond motifs is 3. The fourth-order valence-electron chi connectivity index (χ4n) is 4.36. The number of aromatic nitrogens is 2. The van der Waals surface area contributed by atoms with Gasteiger partial charge in [0.2, 0.25) is 0 Å². The normalized spacial score (nSPS) is 13.0. The number of hydrazone groups is 1. The Bertz CT molecular complexity index is 1530. The lowest BCUT2D eigenvalue weighted by Crippen LogP contribution is -2.24. The van der Waals surface area contributed by atoms with E-state index in [4.69, 9.17) is 14.5 Å². The zero-order valence-corrected chi connectivity index (χ0v) is 22.2. The van der Waals surface area contributed by atoms with Crippen LogP contribution in [0.5, 0.6) is 11.5 Å². The first-order valence-corrected chi connectivity index (χ1v) is 13.7. The Morgan fingerprint density at radius 3 is 2.70 bits per heavy atom. The zero-order valence-electron chi connectivity index (χ0n) is 20.5.